The number of benzene rings is 1. The highest BCUT2D eigenvalue weighted by molar-refractivity contribution is 5.90. The normalized spacial score (nSPS) is 24.4. The Kier molecular flexibility index (Phi) is 16.2. The van der Waals surface area contributed by atoms with E-state index in [-0.39, 0.29) is 43.1 Å². The third-order valence-corrected chi connectivity index (χ3v) is 9.99. The van der Waals surface area contributed by atoms with Crippen LogP contribution in [0.1, 0.15) is 92.4 Å². The van der Waals surface area contributed by atoms with Gasteiger partial charge in [-0.05, 0) is 92.1 Å². The molecule has 16 nitrogen and oxygen atoms in total. The van der Waals surface area contributed by atoms with Gasteiger partial charge in [0, 0.05) is 44.9 Å². The number of esters is 2. The van der Waals surface area contributed by atoms with E-state index in [4.69, 9.17) is 38.7 Å². The number of hydrogen-bond donors (Lipinski definition) is 1. The van der Waals surface area contributed by atoms with Crippen molar-refractivity contribution in [2.24, 2.45) is 17.0 Å². The molecule has 1 amide bonds. The van der Waals surface area contributed by atoms with Crippen LogP contribution in [-0.2, 0) is 38.0 Å². The number of aliphatic hydroxyl groups excluding tert-OH is 1. The molecule has 16 heteroatoms. The van der Waals surface area contributed by atoms with Crippen LogP contribution in [0, 0.1) is 11.8 Å². The minimum atomic E-state index is -1.28. The molecular formula is C40H63N5O11. The van der Waals surface area contributed by atoms with Gasteiger partial charge in [0.1, 0.15) is 11.4 Å². The summed E-state index contributed by atoms with van der Waals surface area (Å²) >= 11 is 0. The van der Waals surface area contributed by atoms with Crippen LogP contribution in [0.15, 0.2) is 46.8 Å². The van der Waals surface area contributed by atoms with Crippen LogP contribution in [0.25, 0.3) is 10.4 Å². The van der Waals surface area contributed by atoms with Crippen molar-refractivity contribution in [1.82, 2.24) is 9.80 Å². The fraction of sp³-hybridized carbons (Fsp3) is 0.725. The summed E-state index contributed by atoms with van der Waals surface area (Å²) in [6, 6.07) is 7.52. The van der Waals surface area contributed by atoms with Crippen LogP contribution in [0.4, 0.5) is 4.79 Å². The Morgan fingerprint density at radius 2 is 1.77 bits per heavy atom. The minimum absolute atomic E-state index is 0.0791. The molecule has 0 radical (unpaired) electrons. The highest BCUT2D eigenvalue weighted by Crippen LogP contribution is 2.41. The number of likely N-dealkylation sites (N-methyl/N-ethyl adjacent to an activating group) is 1. The van der Waals surface area contributed by atoms with E-state index in [1.807, 2.05) is 52.8 Å². The molecule has 2 aliphatic rings. The first-order chi connectivity index (χ1) is 26.1. The maximum atomic E-state index is 13.6. The number of methoxy groups -OCH3 is 1. The molecule has 1 saturated heterocycles. The number of nitrogens with zero attached hydrogens (tertiary/aromatic N) is 5. The summed E-state index contributed by atoms with van der Waals surface area (Å²) in [6.45, 7) is 17.1. The second-order valence-corrected chi connectivity index (χ2v) is 16.8. The summed E-state index contributed by atoms with van der Waals surface area (Å²) in [5.41, 5.74) is 7.62. The van der Waals surface area contributed by atoms with Crippen molar-refractivity contribution in [2.45, 2.75) is 136 Å². The average molecular weight is 790 g/mol. The number of hydrogen-bond acceptors (Lipinski definition) is 13. The Labute approximate surface area is 331 Å². The molecule has 314 valence electrons. The van der Waals surface area contributed by atoms with Crippen LogP contribution in [0.5, 0.6) is 0 Å². The highest BCUT2D eigenvalue weighted by Gasteiger charge is 2.51. The predicted octanol–water partition coefficient (Wildman–Crippen LogP) is 6.22. The molecule has 0 aromatic heterocycles. The topological polar surface area (TPSA) is 191 Å². The number of carbonyl (C=O) groups is 3. The number of aliphatic hydroxyl groups is 1. The van der Waals surface area contributed by atoms with Crippen molar-refractivity contribution in [3.63, 3.8) is 0 Å². The van der Waals surface area contributed by atoms with Crippen LogP contribution < -0.4 is 0 Å². The molecule has 0 aliphatic carbocycles. The number of azide groups is 1. The summed E-state index contributed by atoms with van der Waals surface area (Å²) in [4.78, 5) is 46.4. The fourth-order valence-electron chi connectivity index (χ4n) is 7.29. The van der Waals surface area contributed by atoms with Crippen LogP contribution >= 0.6 is 0 Å². The number of carbonyl (C=O) groups excluding carboxylic acids is 3. The Morgan fingerprint density at radius 1 is 1.12 bits per heavy atom. The van der Waals surface area contributed by atoms with E-state index < -0.39 is 72.1 Å². The minimum Gasteiger partial charge on any atom is -0.456 e. The molecule has 0 bridgehead atoms. The van der Waals surface area contributed by atoms with E-state index in [0.29, 0.717) is 17.7 Å². The van der Waals surface area contributed by atoms with Gasteiger partial charge in [0.15, 0.2) is 12.4 Å². The molecule has 1 N–H and O–H groups in total. The number of rotatable bonds is 17. The second-order valence-electron chi connectivity index (χ2n) is 16.8. The van der Waals surface area contributed by atoms with E-state index in [1.54, 1.807) is 72.9 Å². The van der Waals surface area contributed by atoms with Crippen molar-refractivity contribution >= 4 is 18.0 Å². The van der Waals surface area contributed by atoms with Crippen molar-refractivity contribution < 1.29 is 52.6 Å². The molecule has 1 aromatic rings. The van der Waals surface area contributed by atoms with E-state index in [9.17, 15) is 19.5 Å². The number of cyclic esters (lactones) is 1. The van der Waals surface area contributed by atoms with Gasteiger partial charge >= 0.3 is 18.0 Å². The average Bonchev–Trinajstić information content (AvgIpc) is 3.11. The summed E-state index contributed by atoms with van der Waals surface area (Å²) in [5.74, 6) is -3.03. The number of amides is 1. The maximum Gasteiger partial charge on any atom is 0.410 e. The Bertz CT molecular complexity index is 1580. The first-order valence-electron chi connectivity index (χ1n) is 19.1. The van der Waals surface area contributed by atoms with Gasteiger partial charge in [-0.15, -0.1) is 0 Å². The molecule has 2 aliphatic heterocycles. The lowest BCUT2D eigenvalue weighted by Gasteiger charge is -2.48. The Balaban J connectivity index is 2.12. The van der Waals surface area contributed by atoms with E-state index in [2.05, 4.69) is 10.0 Å². The third-order valence-electron chi connectivity index (χ3n) is 9.99. The molecule has 1 aromatic carbocycles. The van der Waals surface area contributed by atoms with Gasteiger partial charge < -0.3 is 48.1 Å². The lowest BCUT2D eigenvalue weighted by atomic mass is 9.80. The van der Waals surface area contributed by atoms with Gasteiger partial charge in [-0.3, -0.25) is 0 Å². The molecule has 2 heterocycles. The van der Waals surface area contributed by atoms with Gasteiger partial charge in [-0.2, -0.15) is 0 Å². The maximum absolute atomic E-state index is 13.6. The summed E-state index contributed by atoms with van der Waals surface area (Å²) in [6.07, 6.45) is -3.08. The Morgan fingerprint density at radius 3 is 2.32 bits per heavy atom. The van der Waals surface area contributed by atoms with Crippen LogP contribution in [0.3, 0.4) is 0 Å². The van der Waals surface area contributed by atoms with E-state index in [1.165, 1.54) is 4.90 Å². The van der Waals surface area contributed by atoms with Crippen molar-refractivity contribution in [3.05, 3.63) is 57.7 Å². The van der Waals surface area contributed by atoms with E-state index in [0.717, 1.165) is 0 Å². The summed E-state index contributed by atoms with van der Waals surface area (Å²) in [5, 5.41) is 13.9. The largest absolute Gasteiger partial charge is 0.456 e. The molecule has 56 heavy (non-hydrogen) atoms. The molecule has 0 spiro atoms. The zero-order valence-corrected chi connectivity index (χ0v) is 35.3. The SMILES string of the molecule is COC(C)(C[C@@H](C)CN(C(=O)OC(C)(C)C)C(CO)CN=[N+]=[N-])[C@H](OC1OC(C)CC(N(C)C)C1OC(=O)c1ccccc1)[C@@H](C)C1=C(C)C(=O)OC(C)(C)O1. The summed E-state index contributed by atoms with van der Waals surface area (Å²) < 4.78 is 43.6. The highest BCUT2D eigenvalue weighted by atomic mass is 16.7. The van der Waals surface area contributed by atoms with Gasteiger partial charge in [0.2, 0.25) is 5.79 Å². The predicted molar refractivity (Wildman–Crippen MR) is 207 cm³/mol. The van der Waals surface area contributed by atoms with E-state index >= 15 is 0 Å². The molecule has 0 saturated carbocycles. The standard InChI is InChI=1S/C40H63N5O11/c1-24(22-45(29(23-46)21-42-43-41)37(49)56-38(5,6)7)20-40(10,50-13)33(26(3)31-27(4)34(47)55-39(8,9)54-31)53-36-32(30(44(11)12)19-25(2)51-36)52-35(48)28-17-15-14-16-18-28/h14-18,24-26,29-30,32-33,36,46H,19-23H2,1-13H3/t24-,25?,26+,29?,30?,32?,33-,36?,40?/m1/s1. The molecule has 6 unspecified atom stereocenters. The van der Waals surface area contributed by atoms with Crippen LogP contribution in [-0.4, -0.2) is 128 Å². The lowest BCUT2D eigenvalue weighted by molar-refractivity contribution is -0.298. The van der Waals surface area contributed by atoms with Crippen molar-refractivity contribution in [1.29, 1.82) is 0 Å². The first-order valence-corrected chi connectivity index (χ1v) is 19.1. The second kappa shape index (κ2) is 19.5. The smallest absolute Gasteiger partial charge is 0.410 e. The molecule has 9 atom stereocenters. The third kappa shape index (κ3) is 12.3. The fourth-order valence-corrected chi connectivity index (χ4v) is 7.29. The zero-order valence-electron chi connectivity index (χ0n) is 35.3. The van der Waals surface area contributed by atoms with Crippen molar-refractivity contribution in [2.75, 3.05) is 40.9 Å². The zero-order chi connectivity index (χ0) is 42.2. The van der Waals surface area contributed by atoms with Crippen molar-refractivity contribution in [3.8, 4) is 0 Å². The monoisotopic (exact) mass is 789 g/mol. The van der Waals surface area contributed by atoms with Gasteiger partial charge in [0.05, 0.1) is 47.6 Å². The van der Waals surface area contributed by atoms with Gasteiger partial charge in [0.25, 0.3) is 0 Å². The lowest BCUT2D eigenvalue weighted by Crippen LogP contribution is -2.60. The van der Waals surface area contributed by atoms with Gasteiger partial charge in [-0.25, -0.2) is 14.4 Å². The molecular weight excluding hydrogens is 726 g/mol. The quantitative estimate of drug-likeness (QED) is 0.0617. The van der Waals surface area contributed by atoms with Crippen LogP contribution in [0.2, 0.25) is 0 Å². The number of ether oxygens (including phenoxy) is 7. The molecule has 1 fully saturated rings. The summed E-state index contributed by atoms with van der Waals surface area (Å²) in [7, 11) is 5.35. The van der Waals surface area contributed by atoms with Gasteiger partial charge in [-0.1, -0.05) is 37.2 Å². The Hall–Kier alpha value is -3.92. The molecule has 3 rings (SSSR count). The first kappa shape index (κ1) is 46.5.